The van der Waals surface area contributed by atoms with Crippen LogP contribution in [-0.2, 0) is 26.2 Å². The van der Waals surface area contributed by atoms with Crippen molar-refractivity contribution >= 4 is 55.1 Å². The van der Waals surface area contributed by atoms with Crippen LogP contribution in [0, 0.1) is 19.8 Å². The zero-order valence-corrected chi connectivity index (χ0v) is 26.5. The minimum atomic E-state index is -4.16. The predicted molar refractivity (Wildman–Crippen MR) is 164 cm³/mol. The molecule has 0 fully saturated rings. The highest BCUT2D eigenvalue weighted by Crippen LogP contribution is 2.27. The molecule has 0 spiro atoms. The summed E-state index contributed by atoms with van der Waals surface area (Å²) in [5.41, 5.74) is 3.02. The lowest BCUT2D eigenvalue weighted by Crippen LogP contribution is -2.51. The zero-order chi connectivity index (χ0) is 29.6. The Morgan fingerprint density at radius 1 is 0.950 bits per heavy atom. The molecular formula is C30H35BrClN3O4S. The van der Waals surface area contributed by atoms with E-state index in [0.29, 0.717) is 17.3 Å². The molecule has 10 heteroatoms. The number of halogens is 2. The van der Waals surface area contributed by atoms with Gasteiger partial charge in [0.05, 0.1) is 10.6 Å². The maximum atomic E-state index is 14.0. The van der Waals surface area contributed by atoms with Crippen molar-refractivity contribution in [3.05, 3.63) is 92.9 Å². The van der Waals surface area contributed by atoms with Crippen LogP contribution >= 0.6 is 27.5 Å². The molecule has 214 valence electrons. The van der Waals surface area contributed by atoms with Gasteiger partial charge >= 0.3 is 0 Å². The van der Waals surface area contributed by atoms with Gasteiger partial charge < -0.3 is 10.2 Å². The van der Waals surface area contributed by atoms with Crippen molar-refractivity contribution in [1.82, 2.24) is 10.2 Å². The van der Waals surface area contributed by atoms with Crippen molar-refractivity contribution in [2.24, 2.45) is 5.92 Å². The number of anilines is 1. The smallest absolute Gasteiger partial charge is 0.264 e. The topological polar surface area (TPSA) is 86.8 Å². The zero-order valence-electron chi connectivity index (χ0n) is 23.3. The third kappa shape index (κ3) is 8.08. The van der Waals surface area contributed by atoms with Crippen LogP contribution in [0.15, 0.2) is 76.1 Å². The SMILES string of the molecule is Cc1ccc(N(CC(=O)N(Cc2cccc(Br)c2)C(C)C(=O)NCC(C)C)S(=O)(=O)c2ccc(Cl)cc2)cc1C. The predicted octanol–water partition coefficient (Wildman–Crippen LogP) is 6.10. The summed E-state index contributed by atoms with van der Waals surface area (Å²) in [6, 6.07) is 17.7. The molecule has 0 heterocycles. The molecule has 0 aliphatic heterocycles. The number of sulfonamides is 1. The number of nitrogens with one attached hydrogen (secondary N) is 1. The summed E-state index contributed by atoms with van der Waals surface area (Å²) in [5.74, 6) is -0.589. The summed E-state index contributed by atoms with van der Waals surface area (Å²) < 4.78 is 29.7. The van der Waals surface area contributed by atoms with Gasteiger partial charge in [-0.25, -0.2) is 8.42 Å². The van der Waals surface area contributed by atoms with Gasteiger partial charge in [0.2, 0.25) is 11.8 Å². The number of hydrogen-bond donors (Lipinski definition) is 1. The normalized spacial score (nSPS) is 12.2. The van der Waals surface area contributed by atoms with Crippen LogP contribution < -0.4 is 9.62 Å². The number of carbonyl (C=O) groups is 2. The summed E-state index contributed by atoms with van der Waals surface area (Å²) in [5, 5.41) is 3.29. The lowest BCUT2D eigenvalue weighted by atomic mass is 10.1. The van der Waals surface area contributed by atoms with Crippen molar-refractivity contribution in [1.29, 1.82) is 0 Å². The van der Waals surface area contributed by atoms with E-state index >= 15 is 0 Å². The minimum Gasteiger partial charge on any atom is -0.354 e. The van der Waals surface area contributed by atoms with E-state index in [9.17, 15) is 18.0 Å². The first-order valence-electron chi connectivity index (χ1n) is 13.0. The molecule has 3 aromatic carbocycles. The number of aryl methyl sites for hydroxylation is 2. The van der Waals surface area contributed by atoms with Gasteiger partial charge in [-0.15, -0.1) is 0 Å². The fraction of sp³-hybridized carbons (Fsp3) is 0.333. The average molecular weight is 649 g/mol. The van der Waals surface area contributed by atoms with Gasteiger partial charge in [-0.05, 0) is 91.9 Å². The molecule has 0 aliphatic carbocycles. The van der Waals surface area contributed by atoms with Crippen LogP contribution in [0.5, 0.6) is 0 Å². The van der Waals surface area contributed by atoms with Crippen LogP contribution in [0.4, 0.5) is 5.69 Å². The monoisotopic (exact) mass is 647 g/mol. The molecule has 0 saturated carbocycles. The molecule has 1 N–H and O–H groups in total. The fourth-order valence-electron chi connectivity index (χ4n) is 4.01. The summed E-state index contributed by atoms with van der Waals surface area (Å²) in [6.45, 7) is 9.52. The summed E-state index contributed by atoms with van der Waals surface area (Å²) in [4.78, 5) is 28.5. The Labute approximate surface area is 250 Å². The van der Waals surface area contributed by atoms with E-state index in [0.717, 1.165) is 25.5 Å². The minimum absolute atomic E-state index is 0.00388. The van der Waals surface area contributed by atoms with E-state index in [1.165, 1.54) is 29.2 Å². The molecule has 0 bridgehead atoms. The van der Waals surface area contributed by atoms with Gasteiger partial charge in [-0.3, -0.25) is 13.9 Å². The summed E-state index contributed by atoms with van der Waals surface area (Å²) >= 11 is 9.47. The Hall–Kier alpha value is -2.88. The Kier molecular flexibility index (Phi) is 10.8. The van der Waals surface area contributed by atoms with Crippen molar-refractivity contribution < 1.29 is 18.0 Å². The van der Waals surface area contributed by atoms with Crippen molar-refractivity contribution in [2.45, 2.75) is 52.1 Å². The van der Waals surface area contributed by atoms with E-state index < -0.39 is 28.5 Å². The van der Waals surface area contributed by atoms with E-state index in [1.54, 1.807) is 19.1 Å². The van der Waals surface area contributed by atoms with Gasteiger partial charge in [0.15, 0.2) is 0 Å². The molecule has 1 unspecified atom stereocenters. The molecule has 40 heavy (non-hydrogen) atoms. The van der Waals surface area contributed by atoms with E-state index in [4.69, 9.17) is 11.6 Å². The molecule has 2 amide bonds. The molecule has 0 aromatic heterocycles. The third-order valence-electron chi connectivity index (χ3n) is 6.55. The van der Waals surface area contributed by atoms with Crippen LogP contribution in [0.25, 0.3) is 0 Å². The first kappa shape index (κ1) is 31.6. The lowest BCUT2D eigenvalue weighted by molar-refractivity contribution is -0.139. The Morgan fingerprint density at radius 3 is 2.23 bits per heavy atom. The standard InChI is InChI=1S/C30H35BrClN3O4S/c1-20(2)17-33-30(37)23(5)34(18-24-7-6-8-25(31)16-24)29(36)19-35(27-12-9-21(3)22(4)15-27)40(38,39)28-13-10-26(32)11-14-28/h6-16,20,23H,17-19H2,1-5H3,(H,33,37). The maximum Gasteiger partial charge on any atom is 0.264 e. The second kappa shape index (κ2) is 13.7. The number of benzene rings is 3. The van der Waals surface area contributed by atoms with E-state index in [-0.39, 0.29) is 23.3 Å². The van der Waals surface area contributed by atoms with Gasteiger partial charge in [-0.1, -0.05) is 59.6 Å². The lowest BCUT2D eigenvalue weighted by Gasteiger charge is -2.32. The summed E-state index contributed by atoms with van der Waals surface area (Å²) in [7, 11) is -4.16. The average Bonchev–Trinajstić information content (AvgIpc) is 2.90. The third-order valence-corrected chi connectivity index (χ3v) is 9.09. The molecule has 3 aromatic rings. The highest BCUT2D eigenvalue weighted by molar-refractivity contribution is 9.10. The second-order valence-corrected chi connectivity index (χ2v) is 13.4. The Balaban J connectivity index is 2.04. The number of amides is 2. The largest absolute Gasteiger partial charge is 0.354 e. The number of hydrogen-bond acceptors (Lipinski definition) is 4. The number of nitrogens with zero attached hydrogens (tertiary/aromatic N) is 2. The van der Waals surface area contributed by atoms with E-state index in [1.807, 2.05) is 58.0 Å². The number of carbonyl (C=O) groups excluding carboxylic acids is 2. The van der Waals surface area contributed by atoms with Crippen LogP contribution in [0.2, 0.25) is 5.02 Å². The van der Waals surface area contributed by atoms with Crippen molar-refractivity contribution in [3.63, 3.8) is 0 Å². The summed E-state index contributed by atoms with van der Waals surface area (Å²) in [6.07, 6.45) is 0. The molecule has 3 rings (SSSR count). The van der Waals surface area contributed by atoms with Crippen LogP contribution in [-0.4, -0.2) is 44.3 Å². The molecular weight excluding hydrogens is 614 g/mol. The Morgan fingerprint density at radius 2 is 1.62 bits per heavy atom. The Bertz CT molecular complexity index is 1460. The molecule has 0 saturated heterocycles. The molecule has 0 aliphatic rings. The van der Waals surface area contributed by atoms with Gasteiger partial charge in [-0.2, -0.15) is 0 Å². The first-order valence-corrected chi connectivity index (χ1v) is 15.6. The molecule has 1 atom stereocenters. The number of rotatable bonds is 11. The maximum absolute atomic E-state index is 14.0. The molecule has 0 radical (unpaired) electrons. The second-order valence-electron chi connectivity index (χ2n) is 10.2. The first-order chi connectivity index (χ1) is 18.8. The van der Waals surface area contributed by atoms with Crippen LogP contribution in [0.3, 0.4) is 0 Å². The fourth-order valence-corrected chi connectivity index (χ4v) is 5.99. The quantitative estimate of drug-likeness (QED) is 0.272. The van der Waals surface area contributed by atoms with Gasteiger partial charge in [0, 0.05) is 22.6 Å². The van der Waals surface area contributed by atoms with Gasteiger partial charge in [0.1, 0.15) is 12.6 Å². The van der Waals surface area contributed by atoms with Crippen molar-refractivity contribution in [2.75, 3.05) is 17.4 Å². The highest BCUT2D eigenvalue weighted by Gasteiger charge is 2.32. The molecule has 7 nitrogen and oxygen atoms in total. The van der Waals surface area contributed by atoms with Gasteiger partial charge in [0.25, 0.3) is 10.0 Å². The van der Waals surface area contributed by atoms with Crippen molar-refractivity contribution in [3.8, 4) is 0 Å². The van der Waals surface area contributed by atoms with E-state index in [2.05, 4.69) is 21.2 Å². The van der Waals surface area contributed by atoms with Crippen LogP contribution in [0.1, 0.15) is 37.5 Å². The highest BCUT2D eigenvalue weighted by atomic mass is 79.9.